The molecule has 136 valence electrons. The number of rotatable bonds is 5. The van der Waals surface area contributed by atoms with Gasteiger partial charge < -0.3 is 14.8 Å². The fourth-order valence-electron chi connectivity index (χ4n) is 2.33. The molecule has 0 saturated heterocycles. The number of anilines is 1. The molecule has 3 rings (SSSR count). The van der Waals surface area contributed by atoms with E-state index in [1.807, 2.05) is 19.1 Å². The highest BCUT2D eigenvalue weighted by molar-refractivity contribution is 5.90. The van der Waals surface area contributed by atoms with E-state index in [9.17, 15) is 9.59 Å². The van der Waals surface area contributed by atoms with Crippen molar-refractivity contribution in [1.29, 1.82) is 0 Å². The van der Waals surface area contributed by atoms with Crippen molar-refractivity contribution < 1.29 is 19.1 Å². The van der Waals surface area contributed by atoms with E-state index in [2.05, 4.69) is 15.8 Å². The lowest BCUT2D eigenvalue weighted by Gasteiger charge is -2.03. The van der Waals surface area contributed by atoms with Gasteiger partial charge in [0.2, 0.25) is 0 Å². The lowest BCUT2D eigenvalue weighted by molar-refractivity contribution is 0.0697. The van der Waals surface area contributed by atoms with E-state index in [0.717, 1.165) is 5.56 Å². The van der Waals surface area contributed by atoms with E-state index in [-0.39, 0.29) is 5.56 Å². The summed E-state index contributed by atoms with van der Waals surface area (Å²) in [5, 5.41) is 15.5. The van der Waals surface area contributed by atoms with Crippen LogP contribution in [0.3, 0.4) is 0 Å². The molecule has 27 heavy (non-hydrogen) atoms. The minimum atomic E-state index is -1.01. The first-order valence-electron chi connectivity index (χ1n) is 8.11. The van der Waals surface area contributed by atoms with Gasteiger partial charge in [-0.1, -0.05) is 29.8 Å². The molecule has 0 aliphatic rings. The van der Waals surface area contributed by atoms with E-state index in [1.54, 1.807) is 36.4 Å². The first kappa shape index (κ1) is 17.9. The Labute approximate surface area is 155 Å². The third kappa shape index (κ3) is 4.82. The molecule has 3 aromatic rings. The SMILES string of the molecule is Cc1ccc(NC(=O)N/N=C/c2ccc(-c3cccc(C(=O)O)c3)o2)cc1. The second kappa shape index (κ2) is 8.01. The highest BCUT2D eigenvalue weighted by Gasteiger charge is 2.08. The predicted octanol–water partition coefficient (Wildman–Crippen LogP) is 4.11. The van der Waals surface area contributed by atoms with Gasteiger partial charge in [-0.05, 0) is 43.3 Å². The Morgan fingerprint density at radius 2 is 1.85 bits per heavy atom. The van der Waals surface area contributed by atoms with Crippen molar-refractivity contribution in [1.82, 2.24) is 5.43 Å². The molecule has 0 radical (unpaired) electrons. The molecule has 2 amide bonds. The number of nitrogens with one attached hydrogen (secondary N) is 2. The summed E-state index contributed by atoms with van der Waals surface area (Å²) in [7, 11) is 0. The van der Waals surface area contributed by atoms with E-state index in [4.69, 9.17) is 9.52 Å². The van der Waals surface area contributed by atoms with E-state index in [1.165, 1.54) is 18.3 Å². The summed E-state index contributed by atoms with van der Waals surface area (Å²) >= 11 is 0. The number of urea groups is 1. The summed E-state index contributed by atoms with van der Waals surface area (Å²) in [5.74, 6) is -0.0843. The standard InChI is InChI=1S/C20H17N3O4/c1-13-5-7-16(8-6-13)22-20(26)23-21-12-17-9-10-18(27-17)14-3-2-4-15(11-14)19(24)25/h2-12H,1H3,(H,24,25)(H2,22,23,26)/b21-12+. The number of nitrogens with zero attached hydrogens (tertiary/aromatic N) is 1. The van der Waals surface area contributed by atoms with Gasteiger partial charge in [-0.3, -0.25) is 0 Å². The monoisotopic (exact) mass is 363 g/mol. The summed E-state index contributed by atoms with van der Waals surface area (Å²) in [6.45, 7) is 1.96. The first-order chi connectivity index (χ1) is 13.0. The zero-order valence-electron chi connectivity index (χ0n) is 14.5. The van der Waals surface area contributed by atoms with Gasteiger partial charge in [-0.25, -0.2) is 15.0 Å². The average molecular weight is 363 g/mol. The molecule has 7 heteroatoms. The van der Waals surface area contributed by atoms with Crippen molar-refractivity contribution in [3.8, 4) is 11.3 Å². The molecule has 0 unspecified atom stereocenters. The van der Waals surface area contributed by atoms with Crippen LogP contribution in [0.2, 0.25) is 0 Å². The highest BCUT2D eigenvalue weighted by Crippen LogP contribution is 2.22. The highest BCUT2D eigenvalue weighted by atomic mass is 16.4. The molecular weight excluding hydrogens is 346 g/mol. The number of carbonyl (C=O) groups excluding carboxylic acids is 1. The van der Waals surface area contributed by atoms with Crippen LogP contribution in [0, 0.1) is 6.92 Å². The van der Waals surface area contributed by atoms with Crippen LogP contribution in [-0.2, 0) is 0 Å². The number of carbonyl (C=O) groups is 2. The van der Waals surface area contributed by atoms with Crippen molar-refractivity contribution in [2.75, 3.05) is 5.32 Å². The number of hydrazone groups is 1. The van der Waals surface area contributed by atoms with Gasteiger partial charge in [0, 0.05) is 11.3 Å². The maximum Gasteiger partial charge on any atom is 0.339 e. The van der Waals surface area contributed by atoms with Crippen LogP contribution in [0.15, 0.2) is 70.2 Å². The van der Waals surface area contributed by atoms with E-state index in [0.29, 0.717) is 22.8 Å². The largest absolute Gasteiger partial charge is 0.478 e. The van der Waals surface area contributed by atoms with Gasteiger partial charge in [0.05, 0.1) is 11.8 Å². The third-order valence-corrected chi connectivity index (χ3v) is 3.69. The van der Waals surface area contributed by atoms with Crippen molar-refractivity contribution in [2.24, 2.45) is 5.10 Å². The number of hydrogen-bond acceptors (Lipinski definition) is 4. The summed E-state index contributed by atoms with van der Waals surface area (Å²) in [6, 6.07) is 16.7. The van der Waals surface area contributed by atoms with Crippen molar-refractivity contribution in [3.63, 3.8) is 0 Å². The van der Waals surface area contributed by atoms with Crippen LogP contribution in [-0.4, -0.2) is 23.3 Å². The number of carboxylic acids is 1. The Morgan fingerprint density at radius 1 is 1.07 bits per heavy atom. The van der Waals surface area contributed by atoms with Crippen LogP contribution < -0.4 is 10.7 Å². The van der Waals surface area contributed by atoms with Crippen molar-refractivity contribution >= 4 is 23.9 Å². The normalized spacial score (nSPS) is 10.7. The summed E-state index contributed by atoms with van der Waals surface area (Å²) in [4.78, 5) is 22.8. The molecule has 0 spiro atoms. The molecule has 0 bridgehead atoms. The smallest absolute Gasteiger partial charge is 0.339 e. The van der Waals surface area contributed by atoms with Gasteiger partial charge in [0.25, 0.3) is 0 Å². The first-order valence-corrected chi connectivity index (χ1v) is 8.11. The Balaban J connectivity index is 1.60. The molecule has 0 saturated carbocycles. The summed E-state index contributed by atoms with van der Waals surface area (Å²) < 4.78 is 5.60. The minimum Gasteiger partial charge on any atom is -0.478 e. The van der Waals surface area contributed by atoms with E-state index >= 15 is 0 Å². The van der Waals surface area contributed by atoms with Crippen molar-refractivity contribution in [2.45, 2.75) is 6.92 Å². The summed E-state index contributed by atoms with van der Waals surface area (Å²) in [5.41, 5.74) is 4.92. The van der Waals surface area contributed by atoms with Gasteiger partial charge in [-0.2, -0.15) is 5.10 Å². The minimum absolute atomic E-state index is 0.175. The Bertz CT molecular complexity index is 990. The number of carboxylic acid groups (broad SMARTS) is 1. The molecule has 2 aromatic carbocycles. The number of benzene rings is 2. The fraction of sp³-hybridized carbons (Fsp3) is 0.0500. The number of aromatic carboxylic acids is 1. The number of hydrogen-bond donors (Lipinski definition) is 3. The third-order valence-electron chi connectivity index (χ3n) is 3.69. The maximum atomic E-state index is 11.8. The lowest BCUT2D eigenvalue weighted by Crippen LogP contribution is -2.24. The Hall–Kier alpha value is -3.87. The lowest BCUT2D eigenvalue weighted by atomic mass is 10.1. The average Bonchev–Trinajstić information content (AvgIpc) is 3.13. The molecule has 0 atom stereocenters. The molecule has 0 aliphatic heterocycles. The van der Waals surface area contributed by atoms with Crippen LogP contribution in [0.25, 0.3) is 11.3 Å². The fourth-order valence-corrected chi connectivity index (χ4v) is 2.33. The van der Waals surface area contributed by atoms with Gasteiger partial charge >= 0.3 is 12.0 Å². The Kier molecular flexibility index (Phi) is 5.32. The van der Waals surface area contributed by atoms with Gasteiger partial charge in [-0.15, -0.1) is 0 Å². The Morgan fingerprint density at radius 3 is 2.59 bits per heavy atom. The molecular formula is C20H17N3O4. The predicted molar refractivity (Wildman–Crippen MR) is 102 cm³/mol. The molecule has 7 nitrogen and oxygen atoms in total. The van der Waals surface area contributed by atoms with Crippen LogP contribution in [0.4, 0.5) is 10.5 Å². The van der Waals surface area contributed by atoms with E-state index < -0.39 is 12.0 Å². The number of furan rings is 1. The molecule has 0 aliphatic carbocycles. The van der Waals surface area contributed by atoms with Gasteiger partial charge in [0.15, 0.2) is 0 Å². The second-order valence-electron chi connectivity index (χ2n) is 5.78. The van der Waals surface area contributed by atoms with Crippen LogP contribution in [0.5, 0.6) is 0 Å². The topological polar surface area (TPSA) is 104 Å². The number of aryl methyl sites for hydroxylation is 1. The van der Waals surface area contributed by atoms with Crippen molar-refractivity contribution in [3.05, 3.63) is 77.6 Å². The number of amides is 2. The van der Waals surface area contributed by atoms with Crippen LogP contribution in [0.1, 0.15) is 21.7 Å². The molecule has 1 heterocycles. The maximum absolute atomic E-state index is 11.8. The summed E-state index contributed by atoms with van der Waals surface area (Å²) in [6.07, 6.45) is 1.36. The van der Waals surface area contributed by atoms with Crippen LogP contribution >= 0.6 is 0 Å². The molecule has 1 aromatic heterocycles. The zero-order valence-corrected chi connectivity index (χ0v) is 14.5. The zero-order chi connectivity index (χ0) is 19.2. The molecule has 0 fully saturated rings. The second-order valence-corrected chi connectivity index (χ2v) is 5.78. The molecule has 3 N–H and O–H groups in total. The quantitative estimate of drug-likeness (QED) is 0.469. The van der Waals surface area contributed by atoms with Gasteiger partial charge in [0.1, 0.15) is 11.5 Å².